The summed E-state index contributed by atoms with van der Waals surface area (Å²) in [6, 6.07) is 26.2. The first-order valence-electron chi connectivity index (χ1n) is 9.20. The van der Waals surface area contributed by atoms with E-state index in [4.69, 9.17) is 21.1 Å². The molecule has 0 spiro atoms. The van der Waals surface area contributed by atoms with Crippen LogP contribution in [-0.2, 0) is 4.74 Å². The van der Waals surface area contributed by atoms with E-state index < -0.39 is 0 Å². The van der Waals surface area contributed by atoms with Gasteiger partial charge in [-0.2, -0.15) is 0 Å². The standard InChI is InChI=1S/C23H22ClNO2/c24-19-12-10-17(11-13-19)20-8-4-5-9-21(20)27-23(18-6-2-1-3-7-18)22-16-25-14-15-26-22/h1-13,22-23,25H,14-16H2/t22-,23-/m0/s1. The van der Waals surface area contributed by atoms with E-state index in [1.54, 1.807) is 0 Å². The molecular formula is C23H22ClNO2. The van der Waals surface area contributed by atoms with Crippen molar-refractivity contribution in [2.75, 3.05) is 19.7 Å². The monoisotopic (exact) mass is 379 g/mol. The maximum absolute atomic E-state index is 6.56. The van der Waals surface area contributed by atoms with Gasteiger partial charge < -0.3 is 14.8 Å². The molecule has 138 valence electrons. The highest BCUT2D eigenvalue weighted by Crippen LogP contribution is 2.35. The summed E-state index contributed by atoms with van der Waals surface area (Å²) in [4.78, 5) is 0. The zero-order valence-electron chi connectivity index (χ0n) is 15.0. The zero-order chi connectivity index (χ0) is 18.5. The van der Waals surface area contributed by atoms with E-state index in [0.717, 1.165) is 40.6 Å². The number of nitrogens with one attached hydrogen (secondary N) is 1. The first-order chi connectivity index (χ1) is 13.3. The number of halogens is 1. The predicted octanol–water partition coefficient (Wildman–Crippen LogP) is 5.12. The van der Waals surface area contributed by atoms with Gasteiger partial charge in [-0.1, -0.05) is 72.3 Å². The number of hydrogen-bond donors (Lipinski definition) is 1. The smallest absolute Gasteiger partial charge is 0.151 e. The highest BCUT2D eigenvalue weighted by Gasteiger charge is 2.28. The molecule has 0 aromatic heterocycles. The van der Waals surface area contributed by atoms with Crippen molar-refractivity contribution in [2.24, 2.45) is 0 Å². The lowest BCUT2D eigenvalue weighted by molar-refractivity contribution is -0.0430. The number of hydrogen-bond acceptors (Lipinski definition) is 3. The number of morpholine rings is 1. The topological polar surface area (TPSA) is 30.5 Å². The molecule has 1 saturated heterocycles. The van der Waals surface area contributed by atoms with E-state index in [0.29, 0.717) is 6.61 Å². The van der Waals surface area contributed by atoms with Crippen LogP contribution in [-0.4, -0.2) is 25.8 Å². The van der Waals surface area contributed by atoms with Gasteiger partial charge >= 0.3 is 0 Å². The maximum Gasteiger partial charge on any atom is 0.151 e. The third kappa shape index (κ3) is 4.33. The van der Waals surface area contributed by atoms with E-state index in [1.807, 2.05) is 60.7 Å². The fourth-order valence-electron chi connectivity index (χ4n) is 3.36. The van der Waals surface area contributed by atoms with Gasteiger partial charge in [0.2, 0.25) is 0 Å². The van der Waals surface area contributed by atoms with E-state index in [1.165, 1.54) is 0 Å². The third-order valence-electron chi connectivity index (χ3n) is 4.72. The molecule has 3 aromatic rings. The lowest BCUT2D eigenvalue weighted by Crippen LogP contribution is -2.43. The number of para-hydroxylation sites is 1. The van der Waals surface area contributed by atoms with Gasteiger partial charge in [0.05, 0.1) is 6.61 Å². The van der Waals surface area contributed by atoms with Gasteiger partial charge in [-0.3, -0.25) is 0 Å². The molecular weight excluding hydrogens is 358 g/mol. The lowest BCUT2D eigenvalue weighted by atomic mass is 10.0. The van der Waals surface area contributed by atoms with Crippen molar-refractivity contribution < 1.29 is 9.47 Å². The molecule has 0 amide bonds. The molecule has 3 nitrogen and oxygen atoms in total. The van der Waals surface area contributed by atoms with Crippen molar-refractivity contribution in [3.63, 3.8) is 0 Å². The molecule has 27 heavy (non-hydrogen) atoms. The second-order valence-corrected chi connectivity index (χ2v) is 7.00. The van der Waals surface area contributed by atoms with Crippen LogP contribution in [0.1, 0.15) is 11.7 Å². The molecule has 4 heteroatoms. The molecule has 0 unspecified atom stereocenters. The van der Waals surface area contributed by atoms with Crippen LogP contribution in [0.2, 0.25) is 5.02 Å². The van der Waals surface area contributed by atoms with Crippen LogP contribution in [0.25, 0.3) is 11.1 Å². The second kappa shape index (κ2) is 8.57. The largest absolute Gasteiger partial charge is 0.482 e. The van der Waals surface area contributed by atoms with E-state index in [2.05, 4.69) is 23.5 Å². The van der Waals surface area contributed by atoms with Gasteiger partial charge in [-0.05, 0) is 29.3 Å². The summed E-state index contributed by atoms with van der Waals surface area (Å²) in [5.74, 6) is 0.836. The Balaban J connectivity index is 1.68. The zero-order valence-corrected chi connectivity index (χ0v) is 15.7. The van der Waals surface area contributed by atoms with Gasteiger partial charge in [0.15, 0.2) is 6.10 Å². The van der Waals surface area contributed by atoms with Crippen molar-refractivity contribution in [2.45, 2.75) is 12.2 Å². The predicted molar refractivity (Wildman–Crippen MR) is 109 cm³/mol. The fourth-order valence-corrected chi connectivity index (χ4v) is 3.48. The van der Waals surface area contributed by atoms with Crippen molar-refractivity contribution in [1.29, 1.82) is 0 Å². The first kappa shape index (κ1) is 18.1. The Morgan fingerprint density at radius 1 is 0.926 bits per heavy atom. The molecule has 0 radical (unpaired) electrons. The Bertz CT molecular complexity index is 861. The quantitative estimate of drug-likeness (QED) is 0.667. The highest BCUT2D eigenvalue weighted by molar-refractivity contribution is 6.30. The molecule has 1 heterocycles. The average molecular weight is 380 g/mol. The lowest BCUT2D eigenvalue weighted by Gasteiger charge is -2.32. The molecule has 4 rings (SSSR count). The molecule has 1 N–H and O–H groups in total. The molecule has 0 bridgehead atoms. The van der Waals surface area contributed by atoms with E-state index >= 15 is 0 Å². The van der Waals surface area contributed by atoms with Crippen LogP contribution in [0.5, 0.6) is 5.75 Å². The van der Waals surface area contributed by atoms with Crippen LogP contribution in [0.15, 0.2) is 78.9 Å². The van der Waals surface area contributed by atoms with Gasteiger partial charge in [-0.15, -0.1) is 0 Å². The Hall–Kier alpha value is -2.33. The minimum absolute atomic E-state index is 0.0422. The molecule has 0 saturated carbocycles. The van der Waals surface area contributed by atoms with Gasteiger partial charge in [0.25, 0.3) is 0 Å². The SMILES string of the molecule is Clc1ccc(-c2ccccc2O[C@@H](c2ccccc2)[C@@H]2CNCCO2)cc1. The fraction of sp³-hybridized carbons (Fsp3) is 0.217. The molecule has 2 atom stereocenters. The summed E-state index contributed by atoms with van der Waals surface area (Å²) in [6.07, 6.45) is -0.230. The van der Waals surface area contributed by atoms with E-state index in [9.17, 15) is 0 Å². The summed E-state index contributed by atoms with van der Waals surface area (Å²) >= 11 is 6.05. The summed E-state index contributed by atoms with van der Waals surface area (Å²) in [5.41, 5.74) is 3.22. The minimum Gasteiger partial charge on any atom is -0.482 e. The summed E-state index contributed by atoms with van der Waals surface area (Å²) in [7, 11) is 0. The van der Waals surface area contributed by atoms with Crippen LogP contribution in [0, 0.1) is 0 Å². The normalized spacial score (nSPS) is 18.0. The average Bonchev–Trinajstić information content (AvgIpc) is 2.74. The summed E-state index contributed by atoms with van der Waals surface area (Å²) < 4.78 is 12.6. The van der Waals surface area contributed by atoms with Gasteiger partial charge in [0, 0.05) is 23.7 Å². The minimum atomic E-state index is -0.188. The number of rotatable bonds is 5. The number of ether oxygens (including phenoxy) is 2. The van der Waals surface area contributed by atoms with Crippen LogP contribution < -0.4 is 10.1 Å². The molecule has 0 aliphatic carbocycles. The van der Waals surface area contributed by atoms with Crippen molar-refractivity contribution in [3.8, 4) is 16.9 Å². The van der Waals surface area contributed by atoms with Crippen LogP contribution in [0.4, 0.5) is 0 Å². The van der Waals surface area contributed by atoms with Crippen molar-refractivity contribution in [1.82, 2.24) is 5.32 Å². The van der Waals surface area contributed by atoms with Crippen LogP contribution >= 0.6 is 11.6 Å². The van der Waals surface area contributed by atoms with Crippen molar-refractivity contribution in [3.05, 3.63) is 89.4 Å². The molecule has 3 aromatic carbocycles. The van der Waals surface area contributed by atoms with E-state index in [-0.39, 0.29) is 12.2 Å². The summed E-state index contributed by atoms with van der Waals surface area (Å²) in [5, 5.41) is 4.13. The molecule has 1 fully saturated rings. The Kier molecular flexibility index (Phi) is 5.73. The maximum atomic E-state index is 6.56. The van der Waals surface area contributed by atoms with Gasteiger partial charge in [0.1, 0.15) is 11.9 Å². The third-order valence-corrected chi connectivity index (χ3v) is 4.97. The number of benzene rings is 3. The Morgan fingerprint density at radius 3 is 2.41 bits per heavy atom. The second-order valence-electron chi connectivity index (χ2n) is 6.57. The van der Waals surface area contributed by atoms with Crippen LogP contribution in [0.3, 0.4) is 0 Å². The molecule has 1 aliphatic rings. The Labute approximate surface area is 164 Å². The Morgan fingerprint density at radius 2 is 1.67 bits per heavy atom. The van der Waals surface area contributed by atoms with Crippen molar-refractivity contribution >= 4 is 11.6 Å². The first-order valence-corrected chi connectivity index (χ1v) is 9.58. The molecule has 1 aliphatic heterocycles. The highest BCUT2D eigenvalue weighted by atomic mass is 35.5. The van der Waals surface area contributed by atoms with Gasteiger partial charge in [-0.25, -0.2) is 0 Å². The summed E-state index contributed by atoms with van der Waals surface area (Å²) in [6.45, 7) is 2.33.